The molecule has 0 aliphatic carbocycles. The summed E-state index contributed by atoms with van der Waals surface area (Å²) in [5.74, 6) is 0. The Morgan fingerprint density at radius 1 is 0.864 bits per heavy atom. The molecule has 6 N–H and O–H groups in total. The Labute approximate surface area is 138 Å². The molecule has 2 rings (SSSR count). The lowest BCUT2D eigenvalue weighted by molar-refractivity contribution is 0.262. The van der Waals surface area contributed by atoms with E-state index in [1.54, 1.807) is 36.4 Å². The van der Waals surface area contributed by atoms with Crippen molar-refractivity contribution < 1.29 is 4.79 Å². The summed E-state index contributed by atoms with van der Waals surface area (Å²) in [5, 5.41) is 6.39. The van der Waals surface area contributed by atoms with Crippen LogP contribution in [0, 0.1) is 0 Å². The van der Waals surface area contributed by atoms with Crippen LogP contribution in [0.3, 0.4) is 0 Å². The fourth-order valence-corrected chi connectivity index (χ4v) is 2.39. The summed E-state index contributed by atoms with van der Waals surface area (Å²) in [6, 6.07) is 9.90. The number of hydrogen-bond donors (Lipinski definition) is 4. The second kappa shape index (κ2) is 7.47. The fraction of sp³-hybridized carbons (Fsp3) is 0.133. The topological polar surface area (TPSA) is 93.2 Å². The van der Waals surface area contributed by atoms with E-state index in [-0.39, 0.29) is 0 Å². The number of carbonyl (C=O) groups is 1. The zero-order chi connectivity index (χ0) is 16.1. The Kier molecular flexibility index (Phi) is 5.63. The third kappa shape index (κ3) is 4.11. The van der Waals surface area contributed by atoms with E-state index < -0.39 is 6.03 Å². The summed E-state index contributed by atoms with van der Waals surface area (Å²) in [6.45, 7) is 0.689. The number of hydrogen-bond acceptors (Lipinski definition) is 3. The van der Waals surface area contributed by atoms with Crippen LogP contribution in [-0.2, 0) is 13.1 Å². The van der Waals surface area contributed by atoms with Crippen molar-refractivity contribution in [3.05, 3.63) is 57.6 Å². The van der Waals surface area contributed by atoms with Crippen molar-refractivity contribution in [2.75, 3.05) is 10.6 Å². The maximum atomic E-state index is 12.0. The van der Waals surface area contributed by atoms with E-state index in [1.165, 1.54) is 0 Å². The molecule has 7 heteroatoms. The van der Waals surface area contributed by atoms with Gasteiger partial charge in [-0.25, -0.2) is 4.79 Å². The monoisotopic (exact) mass is 338 g/mol. The molecule has 22 heavy (non-hydrogen) atoms. The fourth-order valence-electron chi connectivity index (χ4n) is 1.87. The normalized spacial score (nSPS) is 10.4. The number of rotatable bonds is 4. The molecule has 0 bridgehead atoms. The molecule has 0 saturated heterocycles. The molecule has 5 nitrogen and oxygen atoms in total. The molecule has 0 spiro atoms. The molecular formula is C15H16Cl2N4O. The summed E-state index contributed by atoms with van der Waals surface area (Å²) in [5.41, 5.74) is 13.9. The van der Waals surface area contributed by atoms with Crippen molar-refractivity contribution in [3.63, 3.8) is 0 Å². The van der Waals surface area contributed by atoms with Crippen LogP contribution in [-0.4, -0.2) is 6.03 Å². The lowest BCUT2D eigenvalue weighted by atomic mass is 10.2. The van der Waals surface area contributed by atoms with Gasteiger partial charge in [0.05, 0.1) is 0 Å². The number of halogens is 2. The number of anilines is 2. The highest BCUT2D eigenvalue weighted by atomic mass is 35.5. The van der Waals surface area contributed by atoms with E-state index in [4.69, 9.17) is 34.7 Å². The molecule has 0 atom stereocenters. The maximum absolute atomic E-state index is 12.0. The van der Waals surface area contributed by atoms with Crippen LogP contribution >= 0.6 is 23.2 Å². The van der Waals surface area contributed by atoms with Crippen LogP contribution in [0.4, 0.5) is 16.2 Å². The Hall–Kier alpha value is -1.79. The Morgan fingerprint density at radius 3 is 1.59 bits per heavy atom. The van der Waals surface area contributed by atoms with Gasteiger partial charge in [-0.05, 0) is 35.4 Å². The third-order valence-corrected chi connectivity index (χ3v) is 3.77. The van der Waals surface area contributed by atoms with Crippen molar-refractivity contribution in [1.29, 1.82) is 0 Å². The molecule has 2 aromatic rings. The van der Waals surface area contributed by atoms with Gasteiger partial charge in [0.1, 0.15) is 0 Å². The van der Waals surface area contributed by atoms with Crippen LogP contribution in [0.15, 0.2) is 36.4 Å². The molecule has 0 saturated carbocycles. The van der Waals surface area contributed by atoms with Gasteiger partial charge in [0.15, 0.2) is 0 Å². The van der Waals surface area contributed by atoms with Crippen molar-refractivity contribution in [1.82, 2.24) is 0 Å². The van der Waals surface area contributed by atoms with Crippen LogP contribution in [0.25, 0.3) is 0 Å². The molecule has 0 fully saturated rings. The zero-order valence-corrected chi connectivity index (χ0v) is 13.2. The summed E-state index contributed by atoms with van der Waals surface area (Å²) >= 11 is 12.1. The smallest absolute Gasteiger partial charge is 0.323 e. The number of amides is 2. The second-order valence-electron chi connectivity index (χ2n) is 4.60. The third-order valence-electron chi connectivity index (χ3n) is 3.06. The van der Waals surface area contributed by atoms with Crippen molar-refractivity contribution >= 4 is 40.6 Å². The largest absolute Gasteiger partial charge is 0.326 e. The Morgan fingerprint density at radius 2 is 1.27 bits per heavy atom. The van der Waals surface area contributed by atoms with Crippen LogP contribution < -0.4 is 22.1 Å². The number of nitrogens with one attached hydrogen (secondary N) is 2. The van der Waals surface area contributed by atoms with Crippen LogP contribution in [0.2, 0.25) is 10.0 Å². The van der Waals surface area contributed by atoms with Crippen molar-refractivity contribution in [2.24, 2.45) is 11.5 Å². The number of nitrogens with two attached hydrogens (primary N) is 2. The molecule has 0 aliphatic rings. The lowest BCUT2D eigenvalue weighted by Crippen LogP contribution is -2.19. The lowest BCUT2D eigenvalue weighted by Gasteiger charge is -2.10. The molecule has 0 radical (unpaired) electrons. The number of benzene rings is 2. The molecule has 2 amide bonds. The quantitative estimate of drug-likeness (QED) is 0.686. The minimum Gasteiger partial charge on any atom is -0.326 e. The Bertz CT molecular complexity index is 634. The first-order valence-corrected chi connectivity index (χ1v) is 7.34. The van der Waals surface area contributed by atoms with Crippen molar-refractivity contribution in [2.45, 2.75) is 13.1 Å². The summed E-state index contributed by atoms with van der Waals surface area (Å²) < 4.78 is 0. The van der Waals surface area contributed by atoms with Crippen molar-refractivity contribution in [3.8, 4) is 0 Å². The van der Waals surface area contributed by atoms with Gasteiger partial charge in [0.2, 0.25) is 0 Å². The van der Waals surface area contributed by atoms with Gasteiger partial charge >= 0.3 is 6.03 Å². The highest BCUT2D eigenvalue weighted by molar-refractivity contribution is 6.32. The Balaban J connectivity index is 2.04. The molecule has 0 heterocycles. The predicted molar refractivity (Wildman–Crippen MR) is 91.3 cm³/mol. The van der Waals surface area contributed by atoms with Gasteiger partial charge in [-0.2, -0.15) is 0 Å². The maximum Gasteiger partial charge on any atom is 0.323 e. The summed E-state index contributed by atoms with van der Waals surface area (Å²) in [7, 11) is 0. The number of urea groups is 1. The van der Waals surface area contributed by atoms with Gasteiger partial charge < -0.3 is 22.1 Å². The average molecular weight is 339 g/mol. The molecular weight excluding hydrogens is 323 g/mol. The van der Waals surface area contributed by atoms with Crippen LogP contribution in [0.5, 0.6) is 0 Å². The molecule has 0 aliphatic heterocycles. The highest BCUT2D eigenvalue weighted by Gasteiger charge is 2.07. The van der Waals surface area contributed by atoms with E-state index in [9.17, 15) is 4.79 Å². The van der Waals surface area contributed by atoms with Gasteiger partial charge in [0.25, 0.3) is 0 Å². The first kappa shape index (κ1) is 16.6. The summed E-state index contributed by atoms with van der Waals surface area (Å²) in [6.07, 6.45) is 0. The first-order valence-electron chi connectivity index (χ1n) is 6.58. The standard InChI is InChI=1S/C15H16Cl2N4O/c16-13-5-11(3-1-9(13)7-18)20-15(22)21-12-4-2-10(8-19)14(17)6-12/h1-6H,7-8,18-19H2,(H2,20,21,22). The minimum absolute atomic E-state index is 0.345. The van der Waals surface area contributed by atoms with Gasteiger partial charge in [-0.15, -0.1) is 0 Å². The van der Waals surface area contributed by atoms with Gasteiger partial charge in [-0.3, -0.25) is 0 Å². The molecule has 2 aromatic carbocycles. The molecule has 116 valence electrons. The van der Waals surface area contributed by atoms with E-state index in [1.807, 2.05) is 0 Å². The van der Waals surface area contributed by atoms with Crippen LogP contribution in [0.1, 0.15) is 11.1 Å². The van der Waals surface area contributed by atoms with E-state index >= 15 is 0 Å². The zero-order valence-electron chi connectivity index (χ0n) is 11.7. The predicted octanol–water partition coefficient (Wildman–Crippen LogP) is 3.55. The van der Waals surface area contributed by atoms with E-state index in [2.05, 4.69) is 10.6 Å². The van der Waals surface area contributed by atoms with Gasteiger partial charge in [-0.1, -0.05) is 35.3 Å². The second-order valence-corrected chi connectivity index (χ2v) is 5.41. The minimum atomic E-state index is -0.395. The number of carbonyl (C=O) groups excluding carboxylic acids is 1. The van der Waals surface area contributed by atoms with E-state index in [0.29, 0.717) is 34.5 Å². The molecule has 0 unspecified atom stereocenters. The SMILES string of the molecule is NCc1ccc(NC(=O)Nc2ccc(CN)c(Cl)c2)cc1Cl. The summed E-state index contributed by atoms with van der Waals surface area (Å²) in [4.78, 5) is 12.0. The molecule has 0 aromatic heterocycles. The highest BCUT2D eigenvalue weighted by Crippen LogP contribution is 2.22. The average Bonchev–Trinajstić information content (AvgIpc) is 2.47. The van der Waals surface area contributed by atoms with Gasteiger partial charge in [0, 0.05) is 34.5 Å². The first-order chi connectivity index (χ1) is 10.5. The van der Waals surface area contributed by atoms with E-state index in [0.717, 1.165) is 11.1 Å².